The Kier molecular flexibility index (Phi) is 8.53. The molecule has 0 aliphatic rings. The fourth-order valence-corrected chi connectivity index (χ4v) is 6.27. The van der Waals surface area contributed by atoms with Crippen molar-refractivity contribution in [2.75, 3.05) is 0 Å². The van der Waals surface area contributed by atoms with Crippen molar-refractivity contribution in [3.8, 4) is 0 Å². The van der Waals surface area contributed by atoms with Crippen molar-refractivity contribution in [3.05, 3.63) is 103 Å². The summed E-state index contributed by atoms with van der Waals surface area (Å²) in [4.78, 5) is 0. The van der Waals surface area contributed by atoms with Crippen molar-refractivity contribution < 1.29 is 4.39 Å². The van der Waals surface area contributed by atoms with Gasteiger partial charge in [-0.3, -0.25) is 0 Å². The van der Waals surface area contributed by atoms with Crippen LogP contribution in [0.3, 0.4) is 0 Å². The Balaban J connectivity index is 1.82. The molecule has 3 aromatic carbocycles. The Morgan fingerprint density at radius 3 is 1.94 bits per heavy atom. The smallest absolute Gasteiger partial charge is 0.128 e. The van der Waals surface area contributed by atoms with Crippen LogP contribution in [0.25, 0.3) is 0 Å². The van der Waals surface area contributed by atoms with Crippen LogP contribution in [-0.4, -0.2) is 0 Å². The van der Waals surface area contributed by atoms with Gasteiger partial charge >= 0.3 is 0 Å². The van der Waals surface area contributed by atoms with Crippen LogP contribution in [-0.2, 0) is 29.1 Å². The number of aryl methyl sites for hydroxylation is 3. The highest BCUT2D eigenvalue weighted by Crippen LogP contribution is 2.38. The molecule has 0 fully saturated rings. The van der Waals surface area contributed by atoms with Gasteiger partial charge in [-0.15, -0.1) is 0 Å². The van der Waals surface area contributed by atoms with Crippen molar-refractivity contribution in [1.29, 1.82) is 0 Å². The molecule has 3 aromatic rings. The highest BCUT2D eigenvalue weighted by Gasteiger charge is 2.28. The van der Waals surface area contributed by atoms with E-state index in [0.717, 1.165) is 28.4 Å². The molecule has 0 amide bonds. The highest BCUT2D eigenvalue weighted by atomic mass is 79.9. The van der Waals surface area contributed by atoms with E-state index in [1.54, 1.807) is 6.07 Å². The molecular formula is C33H41BrClF. The average Bonchev–Trinajstić information content (AvgIpc) is 2.73. The van der Waals surface area contributed by atoms with E-state index in [4.69, 9.17) is 11.6 Å². The maximum atomic E-state index is 15.5. The molecule has 0 aliphatic heterocycles. The summed E-state index contributed by atoms with van der Waals surface area (Å²) < 4.78 is 16.5. The normalized spacial score (nSPS) is 12.8. The summed E-state index contributed by atoms with van der Waals surface area (Å²) in [5, 5.41) is 0.516. The summed E-state index contributed by atoms with van der Waals surface area (Å²) in [6.07, 6.45) is 2.39. The molecule has 0 nitrogen and oxygen atoms in total. The van der Waals surface area contributed by atoms with Crippen LogP contribution in [0.15, 0.2) is 53.0 Å². The standard InChI is InChI=1S/C33H41BrClF/c1-21-15-23(16-22(2)30(21)31(3,4)5)13-14-32(6,7)25-18-28(35)27(29(36)19-25)20-33(8,9)24-11-10-12-26(34)17-24/h10-12,15-19H,13-14,20H2,1-9H3. The number of rotatable bonds is 7. The minimum absolute atomic E-state index is 0.133. The molecular weight excluding hydrogens is 531 g/mol. The van der Waals surface area contributed by atoms with Crippen molar-refractivity contribution in [3.63, 3.8) is 0 Å². The summed E-state index contributed by atoms with van der Waals surface area (Å²) in [6, 6.07) is 16.5. The minimum Gasteiger partial charge on any atom is -0.207 e. The lowest BCUT2D eigenvalue weighted by Gasteiger charge is -2.29. The predicted octanol–water partition coefficient (Wildman–Crippen LogP) is 10.6. The van der Waals surface area contributed by atoms with E-state index >= 15 is 4.39 Å². The molecule has 0 radical (unpaired) electrons. The Morgan fingerprint density at radius 2 is 1.42 bits per heavy atom. The van der Waals surface area contributed by atoms with Gasteiger partial charge in [0.2, 0.25) is 0 Å². The van der Waals surface area contributed by atoms with Gasteiger partial charge in [-0.25, -0.2) is 4.39 Å². The lowest BCUT2D eigenvalue weighted by Crippen LogP contribution is -2.23. The zero-order chi connectivity index (χ0) is 27.1. The second-order valence-electron chi connectivity index (χ2n) is 12.7. The molecule has 0 saturated carbocycles. The van der Waals surface area contributed by atoms with Crippen LogP contribution < -0.4 is 0 Å². The number of halogens is 3. The molecule has 36 heavy (non-hydrogen) atoms. The van der Waals surface area contributed by atoms with Crippen molar-refractivity contribution in [2.45, 2.75) is 97.8 Å². The largest absolute Gasteiger partial charge is 0.207 e. The summed E-state index contributed by atoms with van der Waals surface area (Å²) in [5.74, 6) is -0.213. The van der Waals surface area contributed by atoms with Gasteiger partial charge in [-0.2, -0.15) is 0 Å². The first-order valence-corrected chi connectivity index (χ1v) is 14.0. The molecule has 0 N–H and O–H groups in total. The van der Waals surface area contributed by atoms with Crippen LogP contribution in [0.2, 0.25) is 5.02 Å². The van der Waals surface area contributed by atoms with Crippen molar-refractivity contribution in [2.24, 2.45) is 0 Å². The van der Waals surface area contributed by atoms with Crippen LogP contribution in [0, 0.1) is 19.7 Å². The monoisotopic (exact) mass is 570 g/mol. The molecule has 0 atom stereocenters. The molecule has 0 unspecified atom stereocenters. The summed E-state index contributed by atoms with van der Waals surface area (Å²) in [7, 11) is 0. The topological polar surface area (TPSA) is 0 Å². The zero-order valence-electron chi connectivity index (χ0n) is 23.4. The van der Waals surface area contributed by atoms with E-state index in [0.29, 0.717) is 17.0 Å². The fourth-order valence-electron chi connectivity index (χ4n) is 5.60. The predicted molar refractivity (Wildman–Crippen MR) is 158 cm³/mol. The van der Waals surface area contributed by atoms with E-state index in [1.807, 2.05) is 18.2 Å². The molecule has 0 heterocycles. The third-order valence-corrected chi connectivity index (χ3v) is 8.36. The molecule has 0 aliphatic carbocycles. The first kappa shape index (κ1) is 28.9. The third kappa shape index (κ3) is 6.62. The second kappa shape index (κ2) is 10.6. The van der Waals surface area contributed by atoms with E-state index in [1.165, 1.54) is 22.3 Å². The van der Waals surface area contributed by atoms with Crippen LogP contribution in [0.1, 0.15) is 93.8 Å². The van der Waals surface area contributed by atoms with E-state index < -0.39 is 0 Å². The fraction of sp³-hybridized carbons (Fsp3) is 0.455. The summed E-state index contributed by atoms with van der Waals surface area (Å²) in [6.45, 7) is 19.9. The molecule has 194 valence electrons. The molecule has 0 bridgehead atoms. The maximum Gasteiger partial charge on any atom is 0.128 e. The quantitative estimate of drug-likeness (QED) is 0.264. The molecule has 0 aromatic heterocycles. The van der Waals surface area contributed by atoms with E-state index in [2.05, 4.69) is 103 Å². The number of benzene rings is 3. The number of hydrogen-bond donors (Lipinski definition) is 0. The number of hydrogen-bond acceptors (Lipinski definition) is 0. The van der Waals surface area contributed by atoms with Crippen LogP contribution in [0.5, 0.6) is 0 Å². The lowest BCUT2D eigenvalue weighted by molar-refractivity contribution is 0.470. The molecule has 3 heteroatoms. The third-order valence-electron chi connectivity index (χ3n) is 7.53. The van der Waals surface area contributed by atoms with Gasteiger partial charge in [-0.05, 0) is 107 Å². The average molecular weight is 572 g/mol. The summed E-state index contributed by atoms with van der Waals surface area (Å²) >= 11 is 10.3. The van der Waals surface area contributed by atoms with Crippen molar-refractivity contribution in [1.82, 2.24) is 0 Å². The highest BCUT2D eigenvalue weighted by molar-refractivity contribution is 9.10. The van der Waals surface area contributed by atoms with Gasteiger partial charge in [0.1, 0.15) is 5.82 Å². The Hall–Kier alpha value is -1.64. The Labute approximate surface area is 231 Å². The van der Waals surface area contributed by atoms with Gasteiger partial charge in [0, 0.05) is 15.1 Å². The van der Waals surface area contributed by atoms with Gasteiger partial charge in [-0.1, -0.05) is 100 Å². The zero-order valence-corrected chi connectivity index (χ0v) is 25.7. The van der Waals surface area contributed by atoms with E-state index in [-0.39, 0.29) is 22.1 Å². The maximum absolute atomic E-state index is 15.5. The first-order valence-electron chi connectivity index (χ1n) is 12.9. The second-order valence-corrected chi connectivity index (χ2v) is 14.1. The van der Waals surface area contributed by atoms with Crippen LogP contribution >= 0.6 is 27.5 Å². The Bertz CT molecular complexity index is 1200. The molecule has 0 saturated heterocycles. The molecule has 0 spiro atoms. The van der Waals surface area contributed by atoms with Gasteiger partial charge < -0.3 is 0 Å². The SMILES string of the molecule is Cc1cc(CCC(C)(C)c2cc(F)c(CC(C)(C)c3cccc(Br)c3)c(Cl)c2)cc(C)c1C(C)(C)C. The summed E-state index contributed by atoms with van der Waals surface area (Å²) in [5.41, 5.74) is 7.84. The van der Waals surface area contributed by atoms with Crippen molar-refractivity contribution >= 4 is 27.5 Å². The minimum atomic E-state index is -0.250. The Morgan fingerprint density at radius 1 is 0.806 bits per heavy atom. The van der Waals surface area contributed by atoms with Gasteiger partial charge in [0.15, 0.2) is 0 Å². The van der Waals surface area contributed by atoms with E-state index in [9.17, 15) is 0 Å². The lowest BCUT2D eigenvalue weighted by atomic mass is 9.76. The van der Waals surface area contributed by atoms with Crippen LogP contribution in [0.4, 0.5) is 4.39 Å². The van der Waals surface area contributed by atoms with Gasteiger partial charge in [0.05, 0.1) is 0 Å². The molecule has 3 rings (SSSR count). The first-order chi connectivity index (χ1) is 16.5. The van der Waals surface area contributed by atoms with Gasteiger partial charge in [0.25, 0.3) is 0 Å².